The van der Waals surface area contributed by atoms with Crippen LogP contribution in [0.15, 0.2) is 48.8 Å². The number of hydrogen-bond donors (Lipinski definition) is 0. The second-order valence-corrected chi connectivity index (χ2v) is 3.22. The van der Waals surface area contributed by atoms with Crippen LogP contribution in [-0.2, 0) is 19.8 Å². The molecule has 3 heteroatoms. The first-order valence-electron chi connectivity index (χ1n) is 4.53. The maximum Gasteiger partial charge on any atom is 0.0964 e. The molecular formula is C12H8N2Os. The molecule has 15 heavy (non-hydrogen) atoms. The molecule has 74 valence electrons. The van der Waals surface area contributed by atoms with Crippen LogP contribution in [0, 0.1) is 0 Å². The number of fused-ring (bicyclic) bond motifs is 3. The van der Waals surface area contributed by atoms with Gasteiger partial charge in [-0.25, -0.2) is 0 Å². The van der Waals surface area contributed by atoms with Gasteiger partial charge in [0.15, 0.2) is 0 Å². The Morgan fingerprint density at radius 3 is 1.60 bits per heavy atom. The topological polar surface area (TPSA) is 25.8 Å². The molecule has 0 aliphatic rings. The second kappa shape index (κ2) is 4.04. The molecule has 0 unspecified atom stereocenters. The molecule has 2 aromatic heterocycles. The Balaban J connectivity index is 0.000000853. The first kappa shape index (κ1) is 10.2. The molecule has 0 radical (unpaired) electrons. The summed E-state index contributed by atoms with van der Waals surface area (Å²) in [6.07, 6.45) is 3.60. The Kier molecular flexibility index (Phi) is 2.75. The van der Waals surface area contributed by atoms with Gasteiger partial charge < -0.3 is 0 Å². The smallest absolute Gasteiger partial charge is 0.0964 e. The molecule has 0 saturated heterocycles. The molecule has 0 spiro atoms. The van der Waals surface area contributed by atoms with E-state index >= 15 is 0 Å². The fourth-order valence-electron chi connectivity index (χ4n) is 1.68. The number of hydrogen-bond acceptors (Lipinski definition) is 2. The van der Waals surface area contributed by atoms with Crippen molar-refractivity contribution < 1.29 is 19.8 Å². The minimum atomic E-state index is 0. The van der Waals surface area contributed by atoms with Crippen LogP contribution in [0.5, 0.6) is 0 Å². The van der Waals surface area contributed by atoms with Crippen molar-refractivity contribution in [2.75, 3.05) is 0 Å². The number of aromatic nitrogens is 2. The summed E-state index contributed by atoms with van der Waals surface area (Å²) < 4.78 is 0. The average molecular weight is 370 g/mol. The largest absolute Gasteiger partial charge is 0.254 e. The number of pyridine rings is 2. The predicted molar refractivity (Wildman–Crippen MR) is 57.0 cm³/mol. The van der Waals surface area contributed by atoms with Crippen molar-refractivity contribution in [2.24, 2.45) is 0 Å². The Morgan fingerprint density at radius 1 is 0.667 bits per heavy atom. The molecule has 0 amide bonds. The van der Waals surface area contributed by atoms with Gasteiger partial charge in [-0.2, -0.15) is 0 Å². The summed E-state index contributed by atoms with van der Waals surface area (Å²) in [5.41, 5.74) is 1.95. The molecule has 2 nitrogen and oxygen atoms in total. The predicted octanol–water partition coefficient (Wildman–Crippen LogP) is 2.78. The fraction of sp³-hybridized carbons (Fsp3) is 0. The van der Waals surface area contributed by atoms with Gasteiger partial charge in [-0.1, -0.05) is 24.3 Å². The van der Waals surface area contributed by atoms with Crippen molar-refractivity contribution in [3.63, 3.8) is 0 Å². The zero-order chi connectivity index (χ0) is 9.38. The second-order valence-electron chi connectivity index (χ2n) is 3.22. The average Bonchev–Trinajstić information content (AvgIpc) is 2.29. The van der Waals surface area contributed by atoms with Crippen LogP contribution >= 0.6 is 0 Å². The summed E-state index contributed by atoms with van der Waals surface area (Å²) in [6.45, 7) is 0. The number of nitrogens with zero attached hydrogens (tertiary/aromatic N) is 2. The Hall–Kier alpha value is -1.32. The van der Waals surface area contributed by atoms with E-state index in [-0.39, 0.29) is 19.8 Å². The summed E-state index contributed by atoms with van der Waals surface area (Å²) in [4.78, 5) is 8.69. The maximum absolute atomic E-state index is 4.35. The van der Waals surface area contributed by atoms with E-state index in [1.807, 2.05) is 12.1 Å². The molecule has 0 aliphatic carbocycles. The molecule has 0 saturated carbocycles. The van der Waals surface area contributed by atoms with Crippen molar-refractivity contribution in [3.05, 3.63) is 48.8 Å². The molecule has 2 heterocycles. The van der Waals surface area contributed by atoms with Gasteiger partial charge in [0.25, 0.3) is 0 Å². The third-order valence-electron chi connectivity index (χ3n) is 2.34. The molecule has 1 aromatic carbocycles. The van der Waals surface area contributed by atoms with E-state index in [9.17, 15) is 0 Å². The standard InChI is InChI=1S/C12H8N2.Os/c1-3-9-5-6-10-4-2-8-14-12(10)11(9)13-7-1;/h1-8H;. The van der Waals surface area contributed by atoms with Gasteiger partial charge in [0.05, 0.1) is 11.0 Å². The summed E-state index contributed by atoms with van der Waals surface area (Å²) >= 11 is 0. The van der Waals surface area contributed by atoms with E-state index in [4.69, 9.17) is 0 Å². The summed E-state index contributed by atoms with van der Waals surface area (Å²) in [5.74, 6) is 0. The van der Waals surface area contributed by atoms with E-state index in [1.54, 1.807) is 12.4 Å². The number of benzene rings is 1. The number of rotatable bonds is 0. The van der Waals surface area contributed by atoms with Crippen LogP contribution in [0.3, 0.4) is 0 Å². The third-order valence-corrected chi connectivity index (χ3v) is 2.34. The Labute approximate surface area is 100 Å². The molecular weight excluding hydrogens is 362 g/mol. The quantitative estimate of drug-likeness (QED) is 0.569. The molecule has 0 bridgehead atoms. The Morgan fingerprint density at radius 2 is 1.13 bits per heavy atom. The molecule has 3 rings (SSSR count). The first-order valence-corrected chi connectivity index (χ1v) is 4.53. The van der Waals surface area contributed by atoms with Crippen molar-refractivity contribution in [2.45, 2.75) is 0 Å². The van der Waals surface area contributed by atoms with Crippen molar-refractivity contribution in [1.82, 2.24) is 9.97 Å². The van der Waals surface area contributed by atoms with Crippen LogP contribution in [-0.4, -0.2) is 9.97 Å². The fourth-order valence-corrected chi connectivity index (χ4v) is 1.68. The molecule has 0 atom stereocenters. The van der Waals surface area contributed by atoms with Gasteiger partial charge in [-0.05, 0) is 12.1 Å². The van der Waals surface area contributed by atoms with Gasteiger partial charge in [0, 0.05) is 43.0 Å². The minimum Gasteiger partial charge on any atom is -0.254 e. The van der Waals surface area contributed by atoms with Crippen molar-refractivity contribution in [3.8, 4) is 0 Å². The van der Waals surface area contributed by atoms with Crippen LogP contribution in [0.1, 0.15) is 0 Å². The van der Waals surface area contributed by atoms with Crippen LogP contribution in [0.25, 0.3) is 21.8 Å². The van der Waals surface area contributed by atoms with E-state index in [0.29, 0.717) is 0 Å². The SMILES string of the molecule is [Os].c1cnc2c(c1)ccc1cccnc12. The van der Waals surface area contributed by atoms with E-state index < -0.39 is 0 Å². The van der Waals surface area contributed by atoms with Crippen molar-refractivity contribution >= 4 is 21.8 Å². The zero-order valence-electron chi connectivity index (χ0n) is 7.87. The molecule has 0 aliphatic heterocycles. The normalized spacial score (nSPS) is 10.1. The van der Waals surface area contributed by atoms with Crippen LogP contribution in [0.2, 0.25) is 0 Å². The van der Waals surface area contributed by atoms with Crippen LogP contribution in [0.4, 0.5) is 0 Å². The van der Waals surface area contributed by atoms with E-state index in [0.717, 1.165) is 21.8 Å². The van der Waals surface area contributed by atoms with Gasteiger partial charge in [0.2, 0.25) is 0 Å². The van der Waals surface area contributed by atoms with Gasteiger partial charge in [-0.15, -0.1) is 0 Å². The zero-order valence-corrected chi connectivity index (χ0v) is 10.4. The first-order chi connectivity index (χ1) is 6.95. The summed E-state index contributed by atoms with van der Waals surface area (Å²) in [7, 11) is 0. The van der Waals surface area contributed by atoms with Gasteiger partial charge >= 0.3 is 0 Å². The third kappa shape index (κ3) is 1.64. The van der Waals surface area contributed by atoms with E-state index in [2.05, 4.69) is 34.2 Å². The van der Waals surface area contributed by atoms with Crippen molar-refractivity contribution in [1.29, 1.82) is 0 Å². The van der Waals surface area contributed by atoms with Gasteiger partial charge in [0.1, 0.15) is 0 Å². The summed E-state index contributed by atoms with van der Waals surface area (Å²) in [5, 5.41) is 2.28. The minimum absolute atomic E-state index is 0. The molecule has 0 N–H and O–H groups in total. The van der Waals surface area contributed by atoms with Gasteiger partial charge in [-0.3, -0.25) is 9.97 Å². The van der Waals surface area contributed by atoms with E-state index in [1.165, 1.54) is 0 Å². The summed E-state index contributed by atoms with van der Waals surface area (Å²) in [6, 6.07) is 12.1. The maximum atomic E-state index is 4.35. The Bertz CT molecular complexity index is 553. The molecule has 3 aromatic rings. The molecule has 0 fully saturated rings. The van der Waals surface area contributed by atoms with Crippen LogP contribution < -0.4 is 0 Å². The monoisotopic (exact) mass is 372 g/mol.